The molecule has 0 radical (unpaired) electrons. The third-order valence-corrected chi connectivity index (χ3v) is 8.62. The topological polar surface area (TPSA) is 27.7 Å². The molecule has 244 valence electrons. The molecule has 0 amide bonds. The van der Waals surface area contributed by atoms with E-state index in [-0.39, 0.29) is 0 Å². The minimum Gasteiger partial charge on any atom is -0.355 e. The lowest BCUT2D eigenvalue weighted by atomic mass is 10.1. The highest BCUT2D eigenvalue weighted by atomic mass is 79.9. The van der Waals surface area contributed by atoms with Gasteiger partial charge in [0.15, 0.2) is 0 Å². The first-order chi connectivity index (χ1) is 20.4. The molecule has 0 aliphatic heterocycles. The molecule has 0 aromatic rings. The van der Waals surface area contributed by atoms with Crippen LogP contribution < -0.4 is 0 Å². The van der Waals surface area contributed by atoms with Gasteiger partial charge in [-0.1, -0.05) is 159 Å². The van der Waals surface area contributed by atoms with Crippen LogP contribution in [0.25, 0.3) is 0 Å². The maximum Gasteiger partial charge on any atom is 0.149 e. The second kappa shape index (κ2) is 40.3. The van der Waals surface area contributed by atoms with Gasteiger partial charge in [0.1, 0.15) is 13.6 Å². The fraction of sp³-hybridized carbons (Fsp3) is 0.889. The summed E-state index contributed by atoms with van der Waals surface area (Å²) in [6.45, 7) is 2.17. The fourth-order valence-corrected chi connectivity index (χ4v) is 5.68. The van der Waals surface area contributed by atoms with Crippen molar-refractivity contribution in [2.24, 2.45) is 0 Å². The van der Waals surface area contributed by atoms with Crippen molar-refractivity contribution in [3.05, 3.63) is 24.3 Å². The SMILES string of the molecule is BrCCCCCCCCCCCCC=CCCCOCOCOCCCC=CCCCCCCCCCCCCBr. The van der Waals surface area contributed by atoms with Crippen LogP contribution in [0, 0.1) is 0 Å². The predicted molar refractivity (Wildman–Crippen MR) is 189 cm³/mol. The van der Waals surface area contributed by atoms with Crippen molar-refractivity contribution < 1.29 is 14.2 Å². The molecule has 0 N–H and O–H groups in total. The number of hydrogen-bond acceptors (Lipinski definition) is 3. The fourth-order valence-electron chi connectivity index (χ4n) is 4.89. The average Bonchev–Trinajstić information content (AvgIpc) is 2.98. The summed E-state index contributed by atoms with van der Waals surface area (Å²) in [6, 6.07) is 0. The van der Waals surface area contributed by atoms with Crippen molar-refractivity contribution >= 4 is 31.9 Å². The van der Waals surface area contributed by atoms with E-state index in [9.17, 15) is 0 Å². The Labute approximate surface area is 273 Å². The lowest BCUT2D eigenvalue weighted by molar-refractivity contribution is -0.131. The number of allylic oxidation sites excluding steroid dienone is 4. The van der Waals surface area contributed by atoms with Crippen molar-refractivity contribution in [3.8, 4) is 0 Å². The largest absolute Gasteiger partial charge is 0.355 e. The molecule has 0 heterocycles. The zero-order valence-corrected chi connectivity index (χ0v) is 30.1. The smallest absolute Gasteiger partial charge is 0.149 e. The average molecular weight is 709 g/mol. The van der Waals surface area contributed by atoms with Crippen molar-refractivity contribution in [2.75, 3.05) is 37.5 Å². The summed E-state index contributed by atoms with van der Waals surface area (Å²) < 4.78 is 16.5. The van der Waals surface area contributed by atoms with E-state index in [4.69, 9.17) is 14.2 Å². The minimum absolute atomic E-state index is 0.331. The van der Waals surface area contributed by atoms with Gasteiger partial charge in [-0.15, -0.1) is 0 Å². The molecule has 0 aromatic carbocycles. The number of alkyl halides is 2. The summed E-state index contributed by atoms with van der Waals surface area (Å²) >= 11 is 7.01. The number of hydrogen-bond donors (Lipinski definition) is 0. The number of unbranched alkanes of at least 4 members (excludes halogenated alkanes) is 22. The van der Waals surface area contributed by atoms with Gasteiger partial charge in [-0.2, -0.15) is 0 Å². The van der Waals surface area contributed by atoms with Gasteiger partial charge in [-0.25, -0.2) is 0 Å². The van der Waals surface area contributed by atoms with Crippen LogP contribution in [0.5, 0.6) is 0 Å². The summed E-state index contributed by atoms with van der Waals surface area (Å²) in [5.41, 5.74) is 0. The van der Waals surface area contributed by atoms with Crippen molar-refractivity contribution in [2.45, 2.75) is 167 Å². The number of ether oxygens (including phenoxy) is 3. The highest BCUT2D eigenvalue weighted by molar-refractivity contribution is 9.09. The lowest BCUT2D eigenvalue weighted by Gasteiger charge is -2.06. The molecule has 0 aliphatic carbocycles. The molecule has 0 fully saturated rings. The van der Waals surface area contributed by atoms with Crippen molar-refractivity contribution in [1.29, 1.82) is 0 Å². The van der Waals surface area contributed by atoms with Crippen LogP contribution in [0.3, 0.4) is 0 Å². The third kappa shape index (κ3) is 40.3. The van der Waals surface area contributed by atoms with Crippen LogP contribution in [0.4, 0.5) is 0 Å². The Bertz CT molecular complexity index is 469. The summed E-state index contributed by atoms with van der Waals surface area (Å²) in [5, 5.41) is 2.33. The van der Waals surface area contributed by atoms with Gasteiger partial charge in [0.2, 0.25) is 0 Å². The molecule has 0 aliphatic rings. The zero-order valence-electron chi connectivity index (χ0n) is 26.9. The molecule has 41 heavy (non-hydrogen) atoms. The molecular weight excluding hydrogens is 640 g/mol. The maximum atomic E-state index is 5.54. The van der Waals surface area contributed by atoms with E-state index in [2.05, 4.69) is 56.2 Å². The predicted octanol–water partition coefficient (Wildman–Crippen LogP) is 13.0. The molecule has 0 saturated heterocycles. The van der Waals surface area contributed by atoms with Gasteiger partial charge in [-0.05, 0) is 64.2 Å². The van der Waals surface area contributed by atoms with Crippen molar-refractivity contribution in [1.82, 2.24) is 0 Å². The third-order valence-electron chi connectivity index (χ3n) is 7.49. The van der Waals surface area contributed by atoms with Gasteiger partial charge in [-0.3, -0.25) is 0 Å². The Hall–Kier alpha value is 0.320. The molecule has 0 atom stereocenters. The van der Waals surface area contributed by atoms with Gasteiger partial charge >= 0.3 is 0 Å². The highest BCUT2D eigenvalue weighted by Gasteiger charge is 1.95. The highest BCUT2D eigenvalue weighted by Crippen LogP contribution is 2.13. The van der Waals surface area contributed by atoms with E-state index in [1.165, 1.54) is 141 Å². The standard InChI is InChI=1S/C36H68Br2O3/c37-31-27-23-19-15-11-7-3-1-5-9-13-17-21-25-29-33-39-35-41-36-40-34-30-26-22-18-14-10-6-2-4-8-12-16-20-24-28-32-38/h17-18,21-22H,1-16,19-20,23-36H2. The van der Waals surface area contributed by atoms with Crippen LogP contribution in [-0.4, -0.2) is 37.5 Å². The van der Waals surface area contributed by atoms with E-state index in [1.807, 2.05) is 0 Å². The lowest BCUT2D eigenvalue weighted by Crippen LogP contribution is -2.06. The van der Waals surface area contributed by atoms with Crippen LogP contribution in [-0.2, 0) is 14.2 Å². The Kier molecular flexibility index (Phi) is 40.6. The monoisotopic (exact) mass is 706 g/mol. The molecule has 0 unspecified atom stereocenters. The normalized spacial score (nSPS) is 12.0. The quantitative estimate of drug-likeness (QED) is 0.0281. The molecule has 0 aromatic heterocycles. The van der Waals surface area contributed by atoms with Crippen LogP contribution in [0.2, 0.25) is 0 Å². The summed E-state index contributed by atoms with van der Waals surface area (Å²) in [6.07, 6.45) is 44.0. The molecule has 0 saturated carbocycles. The van der Waals surface area contributed by atoms with Gasteiger partial charge < -0.3 is 14.2 Å². The zero-order chi connectivity index (χ0) is 29.6. The number of rotatable bonds is 36. The van der Waals surface area contributed by atoms with Gasteiger partial charge in [0, 0.05) is 23.9 Å². The number of halogens is 2. The first kappa shape index (κ1) is 41.3. The molecule has 0 rings (SSSR count). The molecule has 5 heteroatoms. The minimum atomic E-state index is 0.331. The first-order valence-electron chi connectivity index (χ1n) is 17.6. The summed E-state index contributed by atoms with van der Waals surface area (Å²) in [7, 11) is 0. The van der Waals surface area contributed by atoms with E-state index in [1.54, 1.807) is 0 Å². The van der Waals surface area contributed by atoms with E-state index >= 15 is 0 Å². The van der Waals surface area contributed by atoms with Crippen LogP contribution in [0.1, 0.15) is 167 Å². The van der Waals surface area contributed by atoms with Crippen LogP contribution in [0.15, 0.2) is 24.3 Å². The first-order valence-corrected chi connectivity index (χ1v) is 19.8. The van der Waals surface area contributed by atoms with Crippen LogP contribution >= 0.6 is 31.9 Å². The van der Waals surface area contributed by atoms with Gasteiger partial charge in [0.05, 0.1) is 0 Å². The molecule has 0 bridgehead atoms. The Morgan fingerprint density at radius 3 is 0.878 bits per heavy atom. The summed E-state index contributed by atoms with van der Waals surface area (Å²) in [5.74, 6) is 0. The van der Waals surface area contributed by atoms with E-state index in [0.29, 0.717) is 13.6 Å². The second-order valence-corrected chi connectivity index (χ2v) is 13.1. The Morgan fingerprint density at radius 1 is 0.293 bits per heavy atom. The maximum absolute atomic E-state index is 5.54. The van der Waals surface area contributed by atoms with E-state index < -0.39 is 0 Å². The van der Waals surface area contributed by atoms with Gasteiger partial charge in [0.25, 0.3) is 0 Å². The summed E-state index contributed by atoms with van der Waals surface area (Å²) in [4.78, 5) is 0. The second-order valence-electron chi connectivity index (χ2n) is 11.5. The molecule has 0 spiro atoms. The molecular formula is C36H68Br2O3. The Morgan fingerprint density at radius 2 is 0.561 bits per heavy atom. The van der Waals surface area contributed by atoms with E-state index in [0.717, 1.165) is 49.6 Å². The van der Waals surface area contributed by atoms with Crippen molar-refractivity contribution in [3.63, 3.8) is 0 Å². The Balaban J connectivity index is 3.12. The molecule has 3 nitrogen and oxygen atoms in total.